The van der Waals surface area contributed by atoms with Crippen molar-refractivity contribution in [2.75, 3.05) is 46.3 Å². The van der Waals surface area contributed by atoms with Gasteiger partial charge in [-0.25, -0.2) is 14.2 Å². The van der Waals surface area contributed by atoms with Crippen molar-refractivity contribution in [2.45, 2.75) is 19.9 Å². The molecule has 0 unspecified atom stereocenters. The standard InChI is InChI=1S/C18H26ClN5O2/c1-13(2)23-15-5-4-14(19)12-16(15)24(18(23)26)17(25)20-6-7-22-10-8-21(3)9-11-22/h4-5,12-13H,6-11H2,1-3H3,(H,20,25). The number of nitrogens with one attached hydrogen (secondary N) is 1. The Morgan fingerprint density at radius 1 is 1.19 bits per heavy atom. The molecule has 2 aromatic rings. The fourth-order valence-corrected chi connectivity index (χ4v) is 3.53. The molecule has 7 nitrogen and oxygen atoms in total. The molecular formula is C18H26ClN5O2. The normalized spacial score (nSPS) is 16.5. The molecule has 1 saturated heterocycles. The maximum atomic E-state index is 12.8. The summed E-state index contributed by atoms with van der Waals surface area (Å²) in [4.78, 5) is 30.1. The molecule has 1 N–H and O–H groups in total. The van der Waals surface area contributed by atoms with E-state index in [0.29, 0.717) is 22.6 Å². The van der Waals surface area contributed by atoms with Gasteiger partial charge in [-0.2, -0.15) is 0 Å². The highest BCUT2D eigenvalue weighted by Gasteiger charge is 2.20. The van der Waals surface area contributed by atoms with Crippen LogP contribution in [-0.2, 0) is 0 Å². The van der Waals surface area contributed by atoms with Crippen LogP contribution in [0.25, 0.3) is 11.0 Å². The van der Waals surface area contributed by atoms with E-state index in [4.69, 9.17) is 11.6 Å². The van der Waals surface area contributed by atoms with E-state index in [1.54, 1.807) is 22.8 Å². The number of nitrogens with zero attached hydrogens (tertiary/aromatic N) is 4. The summed E-state index contributed by atoms with van der Waals surface area (Å²) in [6.07, 6.45) is 0. The quantitative estimate of drug-likeness (QED) is 0.880. The van der Waals surface area contributed by atoms with Gasteiger partial charge in [0, 0.05) is 50.3 Å². The number of fused-ring (bicyclic) bond motifs is 1. The van der Waals surface area contributed by atoms with Crippen molar-refractivity contribution in [2.24, 2.45) is 0 Å². The van der Waals surface area contributed by atoms with Crippen molar-refractivity contribution in [1.29, 1.82) is 0 Å². The predicted octanol–water partition coefficient (Wildman–Crippen LogP) is 1.84. The van der Waals surface area contributed by atoms with Gasteiger partial charge in [0.1, 0.15) is 0 Å². The Kier molecular flexibility index (Phi) is 5.70. The second kappa shape index (κ2) is 7.82. The third-order valence-corrected chi connectivity index (χ3v) is 5.09. The van der Waals surface area contributed by atoms with Gasteiger partial charge in [0.2, 0.25) is 0 Å². The number of halogens is 1. The minimum Gasteiger partial charge on any atom is -0.336 e. The van der Waals surface area contributed by atoms with Crippen molar-refractivity contribution in [3.05, 3.63) is 33.7 Å². The molecule has 0 spiro atoms. The van der Waals surface area contributed by atoms with Crippen LogP contribution in [0.2, 0.25) is 5.02 Å². The van der Waals surface area contributed by atoms with Crippen LogP contribution in [0.15, 0.2) is 23.0 Å². The largest absolute Gasteiger partial charge is 0.337 e. The van der Waals surface area contributed by atoms with Crippen LogP contribution in [0.1, 0.15) is 19.9 Å². The molecule has 0 aliphatic carbocycles. The van der Waals surface area contributed by atoms with Crippen LogP contribution >= 0.6 is 11.6 Å². The van der Waals surface area contributed by atoms with Gasteiger partial charge >= 0.3 is 11.7 Å². The number of piperazine rings is 1. The summed E-state index contributed by atoms with van der Waals surface area (Å²) < 4.78 is 2.80. The van der Waals surface area contributed by atoms with Crippen molar-refractivity contribution in [3.63, 3.8) is 0 Å². The van der Waals surface area contributed by atoms with Crippen LogP contribution in [0.3, 0.4) is 0 Å². The molecule has 1 aliphatic rings. The van der Waals surface area contributed by atoms with Crippen LogP contribution in [0.4, 0.5) is 4.79 Å². The lowest BCUT2D eigenvalue weighted by molar-refractivity contribution is 0.155. The van der Waals surface area contributed by atoms with Gasteiger partial charge in [-0.3, -0.25) is 9.47 Å². The van der Waals surface area contributed by atoms with E-state index in [0.717, 1.165) is 32.7 Å². The van der Waals surface area contributed by atoms with Gasteiger partial charge in [0.15, 0.2) is 0 Å². The van der Waals surface area contributed by atoms with E-state index in [-0.39, 0.29) is 11.7 Å². The summed E-state index contributed by atoms with van der Waals surface area (Å²) in [6.45, 7) is 9.18. The van der Waals surface area contributed by atoms with Gasteiger partial charge < -0.3 is 10.2 Å². The Morgan fingerprint density at radius 3 is 2.54 bits per heavy atom. The Hall–Kier alpha value is -1.83. The molecule has 2 heterocycles. The lowest BCUT2D eigenvalue weighted by atomic mass is 10.3. The SMILES string of the molecule is CC(C)n1c(=O)n(C(=O)NCCN2CCN(C)CC2)c2cc(Cl)ccc21. The van der Waals surface area contributed by atoms with Gasteiger partial charge in [-0.15, -0.1) is 0 Å². The van der Waals surface area contributed by atoms with Crippen molar-refractivity contribution in [3.8, 4) is 0 Å². The minimum absolute atomic E-state index is 0.0504. The van der Waals surface area contributed by atoms with Crippen molar-refractivity contribution < 1.29 is 4.79 Å². The highest BCUT2D eigenvalue weighted by Crippen LogP contribution is 2.21. The van der Waals surface area contributed by atoms with E-state index in [9.17, 15) is 9.59 Å². The van der Waals surface area contributed by atoms with Gasteiger partial charge in [-0.05, 0) is 39.1 Å². The highest BCUT2D eigenvalue weighted by molar-refractivity contribution is 6.31. The number of benzene rings is 1. The zero-order valence-corrected chi connectivity index (χ0v) is 16.3. The third-order valence-electron chi connectivity index (χ3n) is 4.85. The maximum Gasteiger partial charge on any atom is 0.337 e. The average Bonchev–Trinajstić information content (AvgIpc) is 2.87. The molecule has 142 valence electrons. The maximum absolute atomic E-state index is 12.8. The van der Waals surface area contributed by atoms with Crippen molar-refractivity contribution >= 4 is 28.7 Å². The first-order chi connectivity index (χ1) is 12.4. The lowest BCUT2D eigenvalue weighted by Gasteiger charge is -2.32. The van der Waals surface area contributed by atoms with Crippen LogP contribution < -0.4 is 11.0 Å². The Morgan fingerprint density at radius 2 is 1.88 bits per heavy atom. The second-order valence-corrected chi connectivity index (χ2v) is 7.53. The Bertz CT molecular complexity index is 849. The first-order valence-corrected chi connectivity index (χ1v) is 9.38. The van der Waals surface area contributed by atoms with E-state index < -0.39 is 6.03 Å². The molecule has 26 heavy (non-hydrogen) atoms. The number of rotatable bonds is 4. The van der Waals surface area contributed by atoms with Gasteiger partial charge in [0.05, 0.1) is 11.0 Å². The molecule has 0 bridgehead atoms. The van der Waals surface area contributed by atoms with Crippen LogP contribution in [-0.4, -0.2) is 71.3 Å². The molecule has 0 atom stereocenters. The summed E-state index contributed by atoms with van der Waals surface area (Å²) in [5.74, 6) is 0. The fourth-order valence-electron chi connectivity index (χ4n) is 3.36. The Balaban J connectivity index is 1.76. The summed E-state index contributed by atoms with van der Waals surface area (Å²) in [5, 5.41) is 3.37. The second-order valence-electron chi connectivity index (χ2n) is 7.09. The van der Waals surface area contributed by atoms with E-state index in [1.165, 1.54) is 4.57 Å². The first kappa shape index (κ1) is 18.9. The summed E-state index contributed by atoms with van der Waals surface area (Å²) in [6, 6.07) is 4.73. The van der Waals surface area contributed by atoms with E-state index >= 15 is 0 Å². The molecule has 1 aliphatic heterocycles. The number of hydrogen-bond acceptors (Lipinski definition) is 4. The smallest absolute Gasteiger partial charge is 0.336 e. The zero-order valence-electron chi connectivity index (χ0n) is 15.5. The molecule has 8 heteroatoms. The molecule has 1 amide bonds. The molecule has 1 fully saturated rings. The van der Waals surface area contributed by atoms with Crippen LogP contribution in [0.5, 0.6) is 0 Å². The number of imidazole rings is 1. The zero-order chi connectivity index (χ0) is 18.8. The van der Waals surface area contributed by atoms with E-state index in [1.807, 2.05) is 13.8 Å². The number of aromatic nitrogens is 2. The van der Waals surface area contributed by atoms with E-state index in [2.05, 4.69) is 22.2 Å². The average molecular weight is 380 g/mol. The molecule has 3 rings (SSSR count). The van der Waals surface area contributed by atoms with Gasteiger partial charge in [-0.1, -0.05) is 11.6 Å². The fraction of sp³-hybridized carbons (Fsp3) is 0.556. The monoisotopic (exact) mass is 379 g/mol. The molecule has 0 radical (unpaired) electrons. The number of likely N-dealkylation sites (N-methyl/N-ethyl adjacent to an activating group) is 1. The summed E-state index contributed by atoms with van der Waals surface area (Å²) in [7, 11) is 2.11. The summed E-state index contributed by atoms with van der Waals surface area (Å²) in [5.41, 5.74) is 0.909. The molecule has 1 aromatic heterocycles. The number of carbonyl (C=O) groups is 1. The number of carbonyl (C=O) groups excluding carboxylic acids is 1. The number of amides is 1. The topological polar surface area (TPSA) is 62.5 Å². The Labute approximate surface area is 158 Å². The first-order valence-electron chi connectivity index (χ1n) is 9.00. The minimum atomic E-state index is -0.407. The third kappa shape index (κ3) is 3.79. The van der Waals surface area contributed by atoms with Crippen molar-refractivity contribution in [1.82, 2.24) is 24.3 Å². The molecular weight excluding hydrogens is 354 g/mol. The molecule has 1 aromatic carbocycles. The van der Waals surface area contributed by atoms with Crippen LogP contribution in [0, 0.1) is 0 Å². The summed E-state index contributed by atoms with van der Waals surface area (Å²) >= 11 is 6.09. The predicted molar refractivity (Wildman–Crippen MR) is 104 cm³/mol. The number of hydrogen-bond donors (Lipinski definition) is 1. The van der Waals surface area contributed by atoms with Gasteiger partial charge in [0.25, 0.3) is 0 Å². The lowest BCUT2D eigenvalue weighted by Crippen LogP contribution is -2.47. The molecule has 0 saturated carbocycles. The highest BCUT2D eigenvalue weighted by atomic mass is 35.5.